The first-order valence-corrected chi connectivity index (χ1v) is 9.92. The molecule has 0 N–H and O–H groups in total. The van der Waals surface area contributed by atoms with E-state index in [1.54, 1.807) is 6.07 Å². The van der Waals surface area contributed by atoms with Crippen molar-refractivity contribution in [3.8, 4) is 0 Å². The third kappa shape index (κ3) is 4.06. The summed E-state index contributed by atoms with van der Waals surface area (Å²) in [5, 5.41) is 3.97. The molecular weight excluding hydrogens is 330 g/mol. The van der Waals surface area contributed by atoms with E-state index in [0.717, 1.165) is 18.5 Å². The lowest BCUT2D eigenvalue weighted by atomic mass is 9.92. The van der Waals surface area contributed by atoms with Crippen molar-refractivity contribution in [2.24, 2.45) is 0 Å². The number of sulfone groups is 1. The van der Waals surface area contributed by atoms with Gasteiger partial charge in [0, 0.05) is 18.1 Å². The van der Waals surface area contributed by atoms with Crippen molar-refractivity contribution in [3.63, 3.8) is 0 Å². The highest BCUT2D eigenvalue weighted by Gasteiger charge is 2.43. The lowest BCUT2D eigenvalue weighted by Crippen LogP contribution is -2.45. The molecule has 1 atom stereocenters. The Balaban J connectivity index is 2.10. The molecule has 0 bridgehead atoms. The van der Waals surface area contributed by atoms with Gasteiger partial charge < -0.3 is 9.26 Å². The van der Waals surface area contributed by atoms with Crippen LogP contribution in [-0.4, -0.2) is 42.6 Å². The number of carbonyl (C=O) groups excluding carboxylic acids is 1. The number of hydrogen-bond donors (Lipinski definition) is 0. The maximum atomic E-state index is 12.7. The van der Waals surface area contributed by atoms with Crippen LogP contribution in [0.25, 0.3) is 0 Å². The fourth-order valence-corrected chi connectivity index (χ4v) is 4.11. The number of hydrogen-bond acceptors (Lipinski definition) is 6. The quantitative estimate of drug-likeness (QED) is 0.777. The van der Waals surface area contributed by atoms with Crippen LogP contribution in [0.15, 0.2) is 10.6 Å². The molecule has 0 aliphatic carbocycles. The minimum atomic E-state index is -3.62. The van der Waals surface area contributed by atoms with Crippen LogP contribution in [0.3, 0.4) is 0 Å². The van der Waals surface area contributed by atoms with Gasteiger partial charge >= 0.3 is 0 Å². The van der Waals surface area contributed by atoms with Crippen LogP contribution in [0.5, 0.6) is 0 Å². The van der Waals surface area contributed by atoms with Crippen molar-refractivity contribution in [1.82, 2.24) is 5.16 Å². The van der Waals surface area contributed by atoms with E-state index in [2.05, 4.69) is 5.16 Å². The highest BCUT2D eigenvalue weighted by atomic mass is 32.2. The molecule has 2 rings (SSSR count). The Bertz CT molecular complexity index is 691. The highest BCUT2D eigenvalue weighted by molar-refractivity contribution is 7.93. The Morgan fingerprint density at radius 1 is 1.29 bits per heavy atom. The molecule has 24 heavy (non-hydrogen) atoms. The van der Waals surface area contributed by atoms with Gasteiger partial charge in [0.15, 0.2) is 15.6 Å². The van der Waals surface area contributed by atoms with Crippen LogP contribution in [-0.2, 0) is 31.2 Å². The van der Waals surface area contributed by atoms with Crippen LogP contribution in [0.4, 0.5) is 0 Å². The minimum Gasteiger partial charge on any atom is -0.377 e. The summed E-state index contributed by atoms with van der Waals surface area (Å²) in [6.45, 7) is 9.48. The molecule has 0 aromatic carbocycles. The van der Waals surface area contributed by atoms with Crippen molar-refractivity contribution >= 4 is 15.6 Å². The largest absolute Gasteiger partial charge is 0.377 e. The van der Waals surface area contributed by atoms with Gasteiger partial charge in [-0.25, -0.2) is 8.42 Å². The van der Waals surface area contributed by atoms with Gasteiger partial charge in [0.2, 0.25) is 0 Å². The van der Waals surface area contributed by atoms with Crippen molar-refractivity contribution in [2.45, 2.75) is 70.1 Å². The summed E-state index contributed by atoms with van der Waals surface area (Å²) in [6.07, 6.45) is 1.20. The standard InChI is InChI=1S/C17H27NO5S/c1-16(2,3)14-9-13(23-18-14)10-15(19)17(4,5)24(20,21)11-12-7-6-8-22-12/h9,12H,6-8,10-11H2,1-5H3. The Morgan fingerprint density at radius 3 is 2.46 bits per heavy atom. The molecule has 1 saturated heterocycles. The summed E-state index contributed by atoms with van der Waals surface area (Å²) in [6, 6.07) is 1.72. The summed E-state index contributed by atoms with van der Waals surface area (Å²) in [7, 11) is -3.62. The lowest BCUT2D eigenvalue weighted by Gasteiger charge is -2.24. The summed E-state index contributed by atoms with van der Waals surface area (Å²) >= 11 is 0. The summed E-state index contributed by atoms with van der Waals surface area (Å²) in [5.41, 5.74) is 0.553. The van der Waals surface area contributed by atoms with E-state index in [9.17, 15) is 13.2 Å². The zero-order chi connectivity index (χ0) is 18.2. The maximum Gasteiger partial charge on any atom is 0.165 e. The van der Waals surface area contributed by atoms with Gasteiger partial charge in [-0.15, -0.1) is 0 Å². The molecule has 1 aliphatic heterocycles. The molecule has 0 saturated carbocycles. The predicted molar refractivity (Wildman–Crippen MR) is 90.8 cm³/mol. The average molecular weight is 357 g/mol. The fraction of sp³-hybridized carbons (Fsp3) is 0.765. The number of aromatic nitrogens is 1. The molecule has 0 radical (unpaired) electrons. The van der Waals surface area contributed by atoms with Crippen LogP contribution in [0.1, 0.15) is 58.9 Å². The second kappa shape index (κ2) is 6.59. The maximum absolute atomic E-state index is 12.7. The van der Waals surface area contributed by atoms with Crippen molar-refractivity contribution in [2.75, 3.05) is 12.4 Å². The molecule has 1 aliphatic rings. The number of rotatable bonds is 6. The Hall–Kier alpha value is -1.21. The molecule has 1 aromatic rings. The Morgan fingerprint density at radius 2 is 1.96 bits per heavy atom. The normalized spacial score (nSPS) is 19.6. The predicted octanol–water partition coefficient (Wildman–Crippen LogP) is 2.46. The third-order valence-electron chi connectivity index (χ3n) is 4.54. The van der Waals surface area contributed by atoms with E-state index in [1.807, 2.05) is 20.8 Å². The fourth-order valence-electron chi connectivity index (χ4n) is 2.52. The van der Waals surface area contributed by atoms with E-state index in [0.29, 0.717) is 12.4 Å². The molecule has 1 unspecified atom stereocenters. The topological polar surface area (TPSA) is 86.5 Å². The SMILES string of the molecule is CC(C)(C)c1cc(CC(=O)C(C)(C)S(=O)(=O)CC2CCCO2)on1. The first-order chi connectivity index (χ1) is 10.9. The number of ketones is 1. The molecule has 7 heteroatoms. The van der Waals surface area contributed by atoms with Gasteiger partial charge in [0.25, 0.3) is 0 Å². The zero-order valence-corrected chi connectivity index (χ0v) is 15.9. The van der Waals surface area contributed by atoms with E-state index < -0.39 is 20.4 Å². The van der Waals surface area contributed by atoms with Crippen molar-refractivity contribution in [3.05, 3.63) is 17.5 Å². The van der Waals surface area contributed by atoms with E-state index in [1.165, 1.54) is 13.8 Å². The van der Waals surface area contributed by atoms with Gasteiger partial charge in [-0.3, -0.25) is 4.79 Å². The average Bonchev–Trinajstić information content (AvgIpc) is 3.08. The second-order valence-electron chi connectivity index (χ2n) is 7.96. The minimum absolute atomic E-state index is 0.0825. The van der Waals surface area contributed by atoms with E-state index >= 15 is 0 Å². The third-order valence-corrected chi connectivity index (χ3v) is 7.13. The first kappa shape index (κ1) is 19.1. The van der Waals surface area contributed by atoms with E-state index in [4.69, 9.17) is 9.26 Å². The van der Waals surface area contributed by atoms with Crippen LogP contribution >= 0.6 is 0 Å². The molecule has 1 fully saturated rings. The van der Waals surface area contributed by atoms with Crippen molar-refractivity contribution < 1.29 is 22.5 Å². The van der Waals surface area contributed by atoms with Gasteiger partial charge in [0.05, 0.1) is 24.0 Å². The number of Topliss-reactive ketones (excluding diaryl/α,β-unsaturated/α-hetero) is 1. The van der Waals surface area contributed by atoms with Gasteiger partial charge in [-0.1, -0.05) is 25.9 Å². The first-order valence-electron chi connectivity index (χ1n) is 8.27. The number of carbonyl (C=O) groups is 1. The molecule has 6 nitrogen and oxygen atoms in total. The summed E-state index contributed by atoms with van der Waals surface area (Å²) < 4.78 is 34.5. The number of ether oxygens (including phenoxy) is 1. The molecule has 0 spiro atoms. The van der Waals surface area contributed by atoms with Crippen molar-refractivity contribution in [1.29, 1.82) is 0 Å². The van der Waals surface area contributed by atoms with Crippen LogP contribution < -0.4 is 0 Å². The highest BCUT2D eigenvalue weighted by Crippen LogP contribution is 2.26. The number of nitrogens with zero attached hydrogens (tertiary/aromatic N) is 1. The molecule has 136 valence electrons. The zero-order valence-electron chi connectivity index (χ0n) is 15.1. The second-order valence-corrected chi connectivity index (χ2v) is 10.5. The molecule has 1 aromatic heterocycles. The van der Waals surface area contributed by atoms with Crippen LogP contribution in [0, 0.1) is 0 Å². The van der Waals surface area contributed by atoms with Crippen LogP contribution in [0.2, 0.25) is 0 Å². The summed E-state index contributed by atoms with van der Waals surface area (Å²) in [4.78, 5) is 12.6. The Labute approximate surface area is 143 Å². The molecular formula is C17H27NO5S. The van der Waals surface area contributed by atoms with Gasteiger partial charge in [0.1, 0.15) is 10.5 Å². The Kier molecular flexibility index (Phi) is 5.25. The van der Waals surface area contributed by atoms with Gasteiger partial charge in [-0.2, -0.15) is 0 Å². The lowest BCUT2D eigenvalue weighted by molar-refractivity contribution is -0.120. The van der Waals surface area contributed by atoms with E-state index in [-0.39, 0.29) is 23.7 Å². The molecule has 2 heterocycles. The van der Waals surface area contributed by atoms with Gasteiger partial charge in [-0.05, 0) is 26.7 Å². The summed E-state index contributed by atoms with van der Waals surface area (Å²) in [5.74, 6) is -0.113. The monoisotopic (exact) mass is 357 g/mol. The molecule has 0 amide bonds. The smallest absolute Gasteiger partial charge is 0.165 e.